The van der Waals surface area contributed by atoms with Crippen LogP contribution < -0.4 is 4.90 Å². The number of hydrogen-bond acceptors (Lipinski definition) is 1. The van der Waals surface area contributed by atoms with Crippen LogP contribution in [-0.2, 0) is 17.3 Å². The van der Waals surface area contributed by atoms with Crippen molar-refractivity contribution in [2.24, 2.45) is 0 Å². The smallest absolute Gasteiger partial charge is 0.0682 e. The molecule has 6 aromatic carbocycles. The zero-order valence-corrected chi connectivity index (χ0v) is 32.6. The van der Waals surface area contributed by atoms with E-state index in [1.54, 1.807) is 11.1 Å². The van der Waals surface area contributed by atoms with Crippen LogP contribution in [0.25, 0.3) is 16.7 Å². The predicted octanol–water partition coefficient (Wildman–Crippen LogP) is 13.8. The summed E-state index contributed by atoms with van der Waals surface area (Å²) < 4.78 is 0. The van der Waals surface area contributed by atoms with Crippen LogP contribution in [0.15, 0.2) is 175 Å². The number of aryl methyl sites for hydroxylation is 1. The first-order valence-corrected chi connectivity index (χ1v) is 20.6. The van der Waals surface area contributed by atoms with E-state index in [0.717, 1.165) is 32.1 Å². The van der Waals surface area contributed by atoms with Crippen molar-refractivity contribution in [1.82, 2.24) is 0 Å². The van der Waals surface area contributed by atoms with Gasteiger partial charge in [0.1, 0.15) is 0 Å². The van der Waals surface area contributed by atoms with Gasteiger partial charge >= 0.3 is 0 Å². The zero-order chi connectivity index (χ0) is 37.6. The lowest BCUT2D eigenvalue weighted by molar-refractivity contribution is 0.660. The molecule has 0 N–H and O–H groups in total. The van der Waals surface area contributed by atoms with Crippen molar-refractivity contribution in [2.45, 2.75) is 69.6 Å². The van der Waals surface area contributed by atoms with Gasteiger partial charge in [0.2, 0.25) is 0 Å². The molecule has 2 atom stereocenters. The van der Waals surface area contributed by atoms with Gasteiger partial charge in [-0.3, -0.25) is 0 Å². The number of fused-ring (bicyclic) bond motifs is 11. The maximum Gasteiger partial charge on any atom is 0.0682 e. The van der Waals surface area contributed by atoms with Gasteiger partial charge in [-0.15, -0.1) is 0 Å². The molecule has 1 nitrogen and oxygen atoms in total. The second-order valence-corrected chi connectivity index (χ2v) is 17.1. The van der Waals surface area contributed by atoms with E-state index < -0.39 is 0 Å². The monoisotopic (exact) mass is 721 g/mol. The topological polar surface area (TPSA) is 3.24 Å². The SMILES string of the molecule is Cc1ccc(C2C=CC(N(c3ccc4c(c3)C(C)(C)c3ccccc3-4)c3ccc4c(c3)C3(C5=C(CCC=CC5)c5ccccc53)c3ccccc3C4)=CC2)cc1. The molecule has 0 aliphatic heterocycles. The summed E-state index contributed by atoms with van der Waals surface area (Å²) in [5.41, 5.74) is 23.2. The number of hydrogen-bond donors (Lipinski definition) is 0. The van der Waals surface area contributed by atoms with Crippen molar-refractivity contribution in [3.8, 4) is 11.1 Å². The molecule has 5 aliphatic carbocycles. The summed E-state index contributed by atoms with van der Waals surface area (Å²) in [5.74, 6) is 0.363. The Hall–Kier alpha value is -5.92. The first-order valence-electron chi connectivity index (χ1n) is 20.6. The van der Waals surface area contributed by atoms with Crippen LogP contribution in [0.2, 0.25) is 0 Å². The molecule has 1 heteroatoms. The molecule has 0 aromatic heterocycles. The first-order chi connectivity index (χ1) is 27.4. The van der Waals surface area contributed by atoms with Crippen LogP contribution in [-0.4, -0.2) is 0 Å². The van der Waals surface area contributed by atoms with Crippen molar-refractivity contribution in [1.29, 1.82) is 0 Å². The second kappa shape index (κ2) is 12.6. The Morgan fingerprint density at radius 3 is 2.09 bits per heavy atom. The third-order valence-electron chi connectivity index (χ3n) is 13.7. The zero-order valence-electron chi connectivity index (χ0n) is 32.6. The van der Waals surface area contributed by atoms with E-state index in [1.165, 1.54) is 83.8 Å². The standard InChI is InChI=1S/C55H47N/c1-36-21-23-37(24-22-36)38-25-28-41(29-26-38)56(43-31-32-47-44-15-8-11-18-49(44)54(2,3)53(47)35-43)42-30-27-40-33-39-13-7-10-17-48(39)55(52(40)34-42)50-19-6-4-5-14-45(50)46-16-9-12-20-51(46)55/h4,6-13,15-18,20-25,27-32,34-35,38H,5,14,19,26,33H2,1-3H3. The Kier molecular flexibility index (Phi) is 7.49. The third kappa shape index (κ3) is 4.80. The van der Waals surface area contributed by atoms with Crippen LogP contribution in [0.4, 0.5) is 11.4 Å². The molecule has 6 aromatic rings. The Morgan fingerprint density at radius 2 is 1.29 bits per heavy atom. The number of anilines is 2. The van der Waals surface area contributed by atoms with Crippen LogP contribution >= 0.6 is 0 Å². The van der Waals surface area contributed by atoms with Crippen molar-refractivity contribution in [2.75, 3.05) is 4.90 Å². The van der Waals surface area contributed by atoms with Gasteiger partial charge in [0, 0.05) is 28.4 Å². The molecule has 0 heterocycles. The summed E-state index contributed by atoms with van der Waals surface area (Å²) in [6.07, 6.45) is 17.2. The molecule has 2 unspecified atom stereocenters. The van der Waals surface area contributed by atoms with E-state index in [2.05, 4.69) is 190 Å². The maximum absolute atomic E-state index is 2.58. The van der Waals surface area contributed by atoms with Crippen LogP contribution in [0.5, 0.6) is 0 Å². The summed E-state index contributed by atoms with van der Waals surface area (Å²) in [6.45, 7) is 6.95. The van der Waals surface area contributed by atoms with Crippen molar-refractivity contribution >= 4 is 16.9 Å². The lowest BCUT2D eigenvalue weighted by atomic mass is 9.60. The largest absolute Gasteiger partial charge is 0.311 e. The highest BCUT2D eigenvalue weighted by Gasteiger charge is 2.51. The third-order valence-corrected chi connectivity index (χ3v) is 13.7. The second-order valence-electron chi connectivity index (χ2n) is 17.1. The molecule has 0 bridgehead atoms. The Labute approximate surface area is 332 Å². The molecule has 0 radical (unpaired) electrons. The molecule has 272 valence electrons. The maximum atomic E-state index is 2.58. The van der Waals surface area contributed by atoms with Gasteiger partial charge in [-0.25, -0.2) is 0 Å². The number of rotatable bonds is 4. The van der Waals surface area contributed by atoms with Gasteiger partial charge in [-0.05, 0) is 142 Å². The van der Waals surface area contributed by atoms with E-state index in [1.807, 2.05) is 0 Å². The Balaban J connectivity index is 1.12. The van der Waals surface area contributed by atoms with Crippen LogP contribution in [0.1, 0.15) is 101 Å². The average molecular weight is 722 g/mol. The van der Waals surface area contributed by atoms with E-state index in [-0.39, 0.29) is 10.8 Å². The predicted molar refractivity (Wildman–Crippen MR) is 234 cm³/mol. The van der Waals surface area contributed by atoms with Gasteiger partial charge in [0.25, 0.3) is 0 Å². The van der Waals surface area contributed by atoms with E-state index >= 15 is 0 Å². The number of nitrogens with zero attached hydrogens (tertiary/aromatic N) is 1. The van der Waals surface area contributed by atoms with Gasteiger partial charge < -0.3 is 4.90 Å². The summed E-state index contributed by atoms with van der Waals surface area (Å²) in [7, 11) is 0. The van der Waals surface area contributed by atoms with Gasteiger partial charge in [-0.1, -0.05) is 153 Å². The highest BCUT2D eigenvalue weighted by molar-refractivity contribution is 5.89. The van der Waals surface area contributed by atoms with Gasteiger partial charge in [-0.2, -0.15) is 0 Å². The summed E-state index contributed by atoms with van der Waals surface area (Å²) in [4.78, 5) is 2.55. The Morgan fingerprint density at radius 1 is 0.607 bits per heavy atom. The number of benzene rings is 6. The molecule has 5 aliphatic rings. The molecule has 0 saturated carbocycles. The van der Waals surface area contributed by atoms with Crippen molar-refractivity contribution < 1.29 is 0 Å². The van der Waals surface area contributed by atoms with Crippen LogP contribution in [0, 0.1) is 6.92 Å². The van der Waals surface area contributed by atoms with Crippen molar-refractivity contribution in [3.05, 3.63) is 231 Å². The highest BCUT2D eigenvalue weighted by atomic mass is 15.1. The van der Waals surface area contributed by atoms with E-state index in [4.69, 9.17) is 0 Å². The molecule has 0 fully saturated rings. The fraction of sp³-hybridized carbons (Fsp3) is 0.200. The minimum absolute atomic E-state index is 0.0893. The van der Waals surface area contributed by atoms with E-state index in [9.17, 15) is 0 Å². The molecule has 56 heavy (non-hydrogen) atoms. The number of allylic oxidation sites excluding steroid dienone is 7. The van der Waals surface area contributed by atoms with E-state index in [0.29, 0.717) is 5.92 Å². The molecular weight excluding hydrogens is 675 g/mol. The molecule has 0 saturated heterocycles. The minimum atomic E-state index is -0.332. The quantitative estimate of drug-likeness (QED) is 0.164. The molecule has 1 spiro atoms. The fourth-order valence-electron chi connectivity index (χ4n) is 11.1. The lowest BCUT2D eigenvalue weighted by Crippen LogP contribution is -2.35. The lowest BCUT2D eigenvalue weighted by Gasteiger charge is -2.42. The normalized spacial score (nSPS) is 20.7. The summed E-state index contributed by atoms with van der Waals surface area (Å²) in [6, 6.07) is 51.4. The van der Waals surface area contributed by atoms with Crippen molar-refractivity contribution in [3.63, 3.8) is 0 Å². The van der Waals surface area contributed by atoms with Gasteiger partial charge in [0.05, 0.1) is 5.41 Å². The average Bonchev–Trinajstić information content (AvgIpc) is 3.46. The first kappa shape index (κ1) is 33.4. The fourth-order valence-corrected chi connectivity index (χ4v) is 11.1. The molecule has 0 amide bonds. The highest BCUT2D eigenvalue weighted by Crippen LogP contribution is 2.61. The summed E-state index contributed by atoms with van der Waals surface area (Å²) >= 11 is 0. The summed E-state index contributed by atoms with van der Waals surface area (Å²) in [5, 5.41) is 0. The molecule has 11 rings (SSSR count). The Bertz CT molecular complexity index is 2710. The minimum Gasteiger partial charge on any atom is -0.311 e. The van der Waals surface area contributed by atoms with Gasteiger partial charge in [0.15, 0.2) is 0 Å². The van der Waals surface area contributed by atoms with Crippen LogP contribution in [0.3, 0.4) is 0 Å². The molecular formula is C55H47N.